The van der Waals surface area contributed by atoms with E-state index in [1.54, 1.807) is 0 Å². The highest BCUT2D eigenvalue weighted by molar-refractivity contribution is 9.10. The van der Waals surface area contributed by atoms with E-state index >= 15 is 0 Å². The summed E-state index contributed by atoms with van der Waals surface area (Å²) in [5, 5.41) is 4.59. The molecule has 21 heavy (non-hydrogen) atoms. The molecule has 0 bridgehead atoms. The van der Waals surface area contributed by atoms with Crippen LogP contribution in [0.2, 0.25) is 5.02 Å². The third kappa shape index (κ3) is 3.31. The van der Waals surface area contributed by atoms with Crippen LogP contribution >= 0.6 is 27.5 Å². The average Bonchev–Trinajstić information content (AvgIpc) is 3.22. The van der Waals surface area contributed by atoms with Gasteiger partial charge in [0.15, 0.2) is 0 Å². The van der Waals surface area contributed by atoms with Crippen LogP contribution in [0.4, 0.5) is 0 Å². The maximum atomic E-state index is 6.44. The quantitative estimate of drug-likeness (QED) is 0.844. The summed E-state index contributed by atoms with van der Waals surface area (Å²) < 4.78 is 1.04. The Hall–Kier alpha value is -0.0900. The monoisotopic (exact) mass is 370 g/mol. The van der Waals surface area contributed by atoms with Crippen molar-refractivity contribution in [3.63, 3.8) is 0 Å². The third-order valence-corrected chi connectivity index (χ3v) is 5.91. The first-order chi connectivity index (χ1) is 9.80. The molecule has 2 nitrogen and oxygen atoms in total. The van der Waals surface area contributed by atoms with Gasteiger partial charge >= 0.3 is 0 Å². The minimum atomic E-state index is 0.163. The second kappa shape index (κ2) is 5.52. The van der Waals surface area contributed by atoms with Crippen LogP contribution in [0.1, 0.15) is 39.2 Å². The van der Waals surface area contributed by atoms with Crippen molar-refractivity contribution in [3.05, 3.63) is 33.3 Å². The number of rotatable bonds is 3. The lowest BCUT2D eigenvalue weighted by Gasteiger charge is -2.52. The normalized spacial score (nSPS) is 29.6. The summed E-state index contributed by atoms with van der Waals surface area (Å²) in [5.74, 6) is 0.829. The molecule has 1 saturated carbocycles. The minimum Gasteiger partial charge on any atom is -0.309 e. The second-order valence-electron chi connectivity index (χ2n) is 7.46. The number of nitrogens with one attached hydrogen (secondary N) is 1. The molecule has 1 aliphatic heterocycles. The maximum Gasteiger partial charge on any atom is 0.0462 e. The van der Waals surface area contributed by atoms with Gasteiger partial charge in [0.25, 0.3) is 0 Å². The Bertz CT molecular complexity index is 542. The van der Waals surface area contributed by atoms with Crippen molar-refractivity contribution in [1.29, 1.82) is 0 Å². The molecule has 2 aliphatic rings. The van der Waals surface area contributed by atoms with Crippen molar-refractivity contribution < 1.29 is 0 Å². The van der Waals surface area contributed by atoms with Gasteiger partial charge in [-0.2, -0.15) is 0 Å². The summed E-state index contributed by atoms with van der Waals surface area (Å²) in [7, 11) is 0. The van der Waals surface area contributed by atoms with Gasteiger partial charge in [-0.1, -0.05) is 33.6 Å². The molecule has 3 rings (SSSR count). The van der Waals surface area contributed by atoms with E-state index in [9.17, 15) is 0 Å². The van der Waals surface area contributed by atoms with Crippen molar-refractivity contribution in [1.82, 2.24) is 10.2 Å². The largest absolute Gasteiger partial charge is 0.309 e. The SMILES string of the molecule is CC1(C)CN(Cc2ccc(Br)cc2Cl)C(C)(C2CC2)CN1. The summed E-state index contributed by atoms with van der Waals surface area (Å²) >= 11 is 9.92. The molecule has 1 saturated heterocycles. The van der Waals surface area contributed by atoms with Crippen molar-refractivity contribution in [2.45, 2.75) is 51.2 Å². The lowest BCUT2D eigenvalue weighted by molar-refractivity contribution is 0.00522. The Labute approximate surface area is 141 Å². The zero-order valence-electron chi connectivity index (χ0n) is 13.0. The predicted octanol–water partition coefficient (Wildman–Crippen LogP) is 4.46. The van der Waals surface area contributed by atoms with Gasteiger partial charge in [0.2, 0.25) is 0 Å². The second-order valence-corrected chi connectivity index (χ2v) is 8.78. The predicted molar refractivity (Wildman–Crippen MR) is 92.8 cm³/mol. The van der Waals surface area contributed by atoms with E-state index in [1.165, 1.54) is 18.4 Å². The van der Waals surface area contributed by atoms with Gasteiger partial charge in [0, 0.05) is 40.2 Å². The van der Waals surface area contributed by atoms with Crippen LogP contribution < -0.4 is 5.32 Å². The van der Waals surface area contributed by atoms with Gasteiger partial charge in [-0.05, 0) is 57.2 Å². The van der Waals surface area contributed by atoms with Crippen LogP contribution in [0.5, 0.6) is 0 Å². The van der Waals surface area contributed by atoms with Crippen molar-refractivity contribution >= 4 is 27.5 Å². The molecule has 1 N–H and O–H groups in total. The maximum absolute atomic E-state index is 6.44. The highest BCUT2D eigenvalue weighted by atomic mass is 79.9. The smallest absolute Gasteiger partial charge is 0.0462 e. The fraction of sp³-hybridized carbons (Fsp3) is 0.647. The van der Waals surface area contributed by atoms with Crippen molar-refractivity contribution in [2.24, 2.45) is 5.92 Å². The summed E-state index contributed by atoms with van der Waals surface area (Å²) in [6.07, 6.45) is 2.73. The first kappa shape index (κ1) is 15.8. The van der Waals surface area contributed by atoms with Crippen LogP contribution in [0.15, 0.2) is 22.7 Å². The Kier molecular flexibility index (Phi) is 4.15. The molecule has 1 aromatic rings. The van der Waals surface area contributed by atoms with Gasteiger partial charge in [-0.25, -0.2) is 0 Å². The highest BCUT2D eigenvalue weighted by Crippen LogP contribution is 2.45. The van der Waals surface area contributed by atoms with Gasteiger partial charge in [-0.15, -0.1) is 0 Å². The van der Waals surface area contributed by atoms with E-state index in [4.69, 9.17) is 11.6 Å². The van der Waals surface area contributed by atoms with E-state index < -0.39 is 0 Å². The Morgan fingerprint density at radius 1 is 1.33 bits per heavy atom. The van der Waals surface area contributed by atoms with Gasteiger partial charge < -0.3 is 5.32 Å². The van der Waals surface area contributed by atoms with E-state index in [-0.39, 0.29) is 11.1 Å². The van der Waals surface area contributed by atoms with E-state index in [0.29, 0.717) is 0 Å². The molecule has 1 aromatic carbocycles. The van der Waals surface area contributed by atoms with Gasteiger partial charge in [-0.3, -0.25) is 4.90 Å². The third-order valence-electron chi connectivity index (χ3n) is 5.07. The molecular weight excluding hydrogens is 348 g/mol. The molecule has 2 fully saturated rings. The molecule has 1 atom stereocenters. The minimum absolute atomic E-state index is 0.163. The molecule has 1 heterocycles. The summed E-state index contributed by atoms with van der Waals surface area (Å²) in [6, 6.07) is 6.23. The van der Waals surface area contributed by atoms with Crippen molar-refractivity contribution in [2.75, 3.05) is 13.1 Å². The number of halogens is 2. The van der Waals surface area contributed by atoms with Crippen molar-refractivity contribution in [3.8, 4) is 0 Å². The summed E-state index contributed by atoms with van der Waals surface area (Å²) in [4.78, 5) is 2.65. The van der Waals surface area contributed by atoms with E-state index in [1.807, 2.05) is 6.07 Å². The van der Waals surface area contributed by atoms with Crippen LogP contribution in [-0.4, -0.2) is 29.1 Å². The lowest BCUT2D eigenvalue weighted by Crippen LogP contribution is -2.67. The first-order valence-corrected chi connectivity index (χ1v) is 8.91. The summed E-state index contributed by atoms with van der Waals surface area (Å²) in [5.41, 5.74) is 1.65. The number of hydrogen-bond acceptors (Lipinski definition) is 2. The Morgan fingerprint density at radius 3 is 2.67 bits per heavy atom. The molecule has 1 unspecified atom stereocenters. The topological polar surface area (TPSA) is 15.3 Å². The molecule has 0 aromatic heterocycles. The standard InChI is InChI=1S/C17H24BrClN2/c1-16(2)11-21(17(3,10-20-16)13-5-6-13)9-12-4-7-14(18)8-15(12)19/h4,7-8,13,20H,5-6,9-11H2,1-3H3. The zero-order chi connectivity index (χ0) is 15.3. The van der Waals surface area contributed by atoms with Crippen LogP contribution in [0.25, 0.3) is 0 Å². The van der Waals surface area contributed by atoms with Crippen LogP contribution in [0.3, 0.4) is 0 Å². The van der Waals surface area contributed by atoms with Crippen LogP contribution in [0, 0.1) is 5.92 Å². The molecule has 1 aliphatic carbocycles. The molecule has 0 amide bonds. The molecule has 4 heteroatoms. The van der Waals surface area contributed by atoms with Gasteiger partial charge in [0.1, 0.15) is 0 Å². The number of piperazine rings is 1. The fourth-order valence-electron chi connectivity index (χ4n) is 3.44. The number of nitrogens with zero attached hydrogens (tertiary/aromatic N) is 1. The lowest BCUT2D eigenvalue weighted by atomic mass is 9.85. The molecule has 0 radical (unpaired) electrons. The Morgan fingerprint density at radius 2 is 2.05 bits per heavy atom. The average molecular weight is 372 g/mol. The fourth-order valence-corrected chi connectivity index (χ4v) is 4.18. The number of hydrogen-bond donors (Lipinski definition) is 1. The van der Waals surface area contributed by atoms with Gasteiger partial charge in [0.05, 0.1) is 0 Å². The number of benzene rings is 1. The highest BCUT2D eigenvalue weighted by Gasteiger charge is 2.49. The Balaban J connectivity index is 1.85. The summed E-state index contributed by atoms with van der Waals surface area (Å²) in [6.45, 7) is 10.1. The molecule has 0 spiro atoms. The zero-order valence-corrected chi connectivity index (χ0v) is 15.4. The first-order valence-electron chi connectivity index (χ1n) is 7.74. The molecule has 116 valence electrons. The molecular formula is C17H24BrClN2. The van der Waals surface area contributed by atoms with Crippen LogP contribution in [-0.2, 0) is 6.54 Å². The van der Waals surface area contributed by atoms with E-state index in [0.717, 1.165) is 35.0 Å². The van der Waals surface area contributed by atoms with E-state index in [2.05, 4.69) is 59.1 Å².